The molecule has 0 spiro atoms. The quantitative estimate of drug-likeness (QED) is 0.0489. The van der Waals surface area contributed by atoms with Gasteiger partial charge in [-0.1, -0.05) is 24.6 Å². The lowest BCUT2D eigenvalue weighted by atomic mass is 10.1. The number of ether oxygens (including phenoxy) is 3. The number of carbonyl (C=O) groups excluding carboxylic acids is 2. The van der Waals surface area contributed by atoms with E-state index in [1.807, 2.05) is 85.1 Å². The number of aliphatic imine (C=N–C) groups is 1. The molecule has 0 bridgehead atoms. The van der Waals surface area contributed by atoms with Gasteiger partial charge in [-0.05, 0) is 92.1 Å². The summed E-state index contributed by atoms with van der Waals surface area (Å²) in [5, 5.41) is 46.2. The van der Waals surface area contributed by atoms with E-state index in [0.717, 1.165) is 53.3 Å². The number of hydrogen-bond donors (Lipinski definition) is 9. The summed E-state index contributed by atoms with van der Waals surface area (Å²) in [5.41, 5.74) is 5.70. The van der Waals surface area contributed by atoms with Gasteiger partial charge < -0.3 is 60.6 Å². The summed E-state index contributed by atoms with van der Waals surface area (Å²) < 4.78 is 16.6. The predicted octanol–water partition coefficient (Wildman–Crippen LogP) is 2.17. The number of aromatic amines is 2. The third kappa shape index (κ3) is 16.9. The Bertz CT molecular complexity index is 1700. The maximum Gasteiger partial charge on any atom is 0.257 e. The Balaban J connectivity index is 0.939. The van der Waals surface area contributed by atoms with Gasteiger partial charge in [-0.3, -0.25) is 9.59 Å². The number of H-pyrrole nitrogens is 2. The van der Waals surface area contributed by atoms with E-state index in [4.69, 9.17) is 19.3 Å². The summed E-state index contributed by atoms with van der Waals surface area (Å²) in [7, 11) is 0. The van der Waals surface area contributed by atoms with Crippen molar-refractivity contribution in [2.45, 2.75) is 50.4 Å². The molecule has 56 heavy (non-hydrogen) atoms. The molecule has 0 saturated heterocycles. The first kappa shape index (κ1) is 43.9. The summed E-state index contributed by atoms with van der Waals surface area (Å²) in [6.45, 7) is 2.80. The van der Waals surface area contributed by atoms with Crippen molar-refractivity contribution in [3.05, 3.63) is 95.2 Å². The third-order valence-electron chi connectivity index (χ3n) is 8.63. The number of unbranched alkanes of at least 4 members (excludes halogenated alkanes) is 2. The van der Waals surface area contributed by atoms with Crippen LogP contribution in [-0.4, -0.2) is 132 Å². The molecular weight excluding hydrogens is 720 g/mol. The van der Waals surface area contributed by atoms with Gasteiger partial charge in [0.25, 0.3) is 5.91 Å². The molecule has 304 valence electrons. The molecule has 15 heteroatoms. The van der Waals surface area contributed by atoms with E-state index >= 15 is 0 Å². The first-order valence-electron chi connectivity index (χ1n) is 19.1. The maximum absolute atomic E-state index is 12.2. The fourth-order valence-electron chi connectivity index (χ4n) is 5.47. The number of aromatic nitrogens is 2. The van der Waals surface area contributed by atoms with E-state index in [1.165, 1.54) is 0 Å². The summed E-state index contributed by atoms with van der Waals surface area (Å²) in [6.07, 6.45) is 10.9. The lowest BCUT2D eigenvalue weighted by Gasteiger charge is -2.21. The van der Waals surface area contributed by atoms with Crippen molar-refractivity contribution < 1.29 is 44.2 Å². The van der Waals surface area contributed by atoms with E-state index in [0.29, 0.717) is 64.8 Å². The average Bonchev–Trinajstić information content (AvgIpc) is 4.01. The predicted molar refractivity (Wildman–Crippen MR) is 215 cm³/mol. The SMILES string of the molecule is O=C(CCCCCNC(=O)COc1ccc(/C=C/c2ccc(C=C3C=CC(c4ccc[nH]4)=N3)[nH]2)cc1)NCCOCCOCCNCC[C@@H](O)[C@@H](O)[C@@H](O)CO. The Hall–Kier alpha value is -4.87. The highest BCUT2D eigenvalue weighted by molar-refractivity contribution is 6.10. The van der Waals surface area contributed by atoms with Crippen LogP contribution in [0.1, 0.15) is 54.7 Å². The van der Waals surface area contributed by atoms with Crippen molar-refractivity contribution >= 4 is 35.8 Å². The Morgan fingerprint density at radius 3 is 2.32 bits per heavy atom. The van der Waals surface area contributed by atoms with Gasteiger partial charge in [0.2, 0.25) is 5.91 Å². The fourth-order valence-corrected chi connectivity index (χ4v) is 5.47. The van der Waals surface area contributed by atoms with E-state index < -0.39 is 24.9 Å². The monoisotopic (exact) mass is 776 g/mol. The van der Waals surface area contributed by atoms with Crippen LogP contribution in [0.5, 0.6) is 5.75 Å². The Morgan fingerprint density at radius 2 is 1.55 bits per heavy atom. The topological polar surface area (TPSA) is 223 Å². The highest BCUT2D eigenvalue weighted by Crippen LogP contribution is 2.18. The molecule has 3 atom stereocenters. The van der Waals surface area contributed by atoms with Gasteiger partial charge in [0.1, 0.15) is 18.0 Å². The molecule has 0 aliphatic carbocycles. The summed E-state index contributed by atoms with van der Waals surface area (Å²) in [4.78, 5) is 35.5. The number of carbonyl (C=O) groups is 2. The zero-order valence-corrected chi connectivity index (χ0v) is 31.7. The van der Waals surface area contributed by atoms with E-state index in [2.05, 4.69) is 30.9 Å². The fraction of sp³-hybridized carbons (Fsp3) is 0.439. The van der Waals surface area contributed by atoms with Crippen molar-refractivity contribution in [2.75, 3.05) is 65.8 Å². The molecule has 1 aromatic carbocycles. The van der Waals surface area contributed by atoms with Crippen LogP contribution >= 0.6 is 0 Å². The third-order valence-corrected chi connectivity index (χ3v) is 8.63. The Kier molecular flexibility index (Phi) is 19.8. The van der Waals surface area contributed by atoms with Crippen LogP contribution < -0.4 is 20.7 Å². The zero-order chi connectivity index (χ0) is 39.8. The standard InChI is InChI=1S/C41H56N6O9/c48-28-38(50)41(53)37(49)17-20-42-21-23-54-25-26-55-24-22-45-39(51)6-2-1-3-18-44-40(52)29-56-34-14-8-30(9-15-34)7-10-31-11-12-32(46-31)27-33-13-16-36(47-33)35-5-4-19-43-35/h4-5,7-16,19,27,37-38,41-43,46,48-50,53H,1-3,6,17-18,20-26,28-29H2,(H,44,52)(H,45,51)/b10-7+,33-27?/t37-,38+,41-/m1/s1. The Labute approximate surface area is 327 Å². The molecule has 0 unspecified atom stereocenters. The molecule has 0 saturated carbocycles. The van der Waals surface area contributed by atoms with E-state index in [9.17, 15) is 24.9 Å². The lowest BCUT2D eigenvalue weighted by Crippen LogP contribution is -2.41. The number of allylic oxidation sites excluding steroid dienone is 2. The zero-order valence-electron chi connectivity index (χ0n) is 31.7. The molecule has 0 fully saturated rings. The van der Waals surface area contributed by atoms with Crippen LogP contribution in [0, 0.1) is 0 Å². The molecule has 3 heterocycles. The van der Waals surface area contributed by atoms with Crippen molar-refractivity contribution in [3.8, 4) is 5.75 Å². The number of benzene rings is 1. The second-order valence-corrected chi connectivity index (χ2v) is 13.1. The van der Waals surface area contributed by atoms with Crippen molar-refractivity contribution in [1.82, 2.24) is 25.9 Å². The van der Waals surface area contributed by atoms with Crippen LogP contribution in [0.3, 0.4) is 0 Å². The number of rotatable bonds is 28. The van der Waals surface area contributed by atoms with Crippen LogP contribution in [0.25, 0.3) is 18.2 Å². The summed E-state index contributed by atoms with van der Waals surface area (Å²) in [6, 6.07) is 15.5. The number of hydrogen-bond acceptors (Lipinski definition) is 11. The van der Waals surface area contributed by atoms with Crippen LogP contribution in [-0.2, 0) is 19.1 Å². The van der Waals surface area contributed by atoms with Crippen LogP contribution in [0.2, 0.25) is 0 Å². The minimum atomic E-state index is -1.39. The van der Waals surface area contributed by atoms with Gasteiger partial charge >= 0.3 is 0 Å². The first-order valence-corrected chi connectivity index (χ1v) is 19.1. The van der Waals surface area contributed by atoms with Gasteiger partial charge in [-0.2, -0.15) is 0 Å². The average molecular weight is 777 g/mol. The van der Waals surface area contributed by atoms with Gasteiger partial charge in [-0.15, -0.1) is 0 Å². The molecule has 3 aromatic rings. The van der Waals surface area contributed by atoms with Crippen LogP contribution in [0.15, 0.2) is 77.6 Å². The van der Waals surface area contributed by atoms with Crippen molar-refractivity contribution in [1.29, 1.82) is 0 Å². The number of amides is 2. The highest BCUT2D eigenvalue weighted by Gasteiger charge is 2.23. The van der Waals surface area contributed by atoms with Gasteiger partial charge in [0.15, 0.2) is 6.61 Å². The minimum absolute atomic E-state index is 0.0414. The molecule has 9 N–H and O–H groups in total. The van der Waals surface area contributed by atoms with Crippen molar-refractivity contribution in [2.24, 2.45) is 4.99 Å². The maximum atomic E-state index is 12.2. The number of nitrogens with one attached hydrogen (secondary N) is 5. The summed E-state index contributed by atoms with van der Waals surface area (Å²) >= 11 is 0. The largest absolute Gasteiger partial charge is 0.484 e. The molecule has 2 amide bonds. The molecule has 4 rings (SSSR count). The highest BCUT2D eigenvalue weighted by atomic mass is 16.5. The van der Waals surface area contributed by atoms with E-state index in [1.54, 1.807) is 0 Å². The van der Waals surface area contributed by atoms with Gasteiger partial charge in [0, 0.05) is 43.6 Å². The Morgan fingerprint density at radius 1 is 0.786 bits per heavy atom. The number of aliphatic hydroxyl groups excluding tert-OH is 4. The van der Waals surface area contributed by atoms with Crippen molar-refractivity contribution in [3.63, 3.8) is 0 Å². The molecule has 2 aromatic heterocycles. The lowest BCUT2D eigenvalue weighted by molar-refractivity contribution is -0.123. The molecular formula is C41H56N6O9. The van der Waals surface area contributed by atoms with Gasteiger partial charge in [0.05, 0.1) is 56.2 Å². The molecule has 0 radical (unpaired) electrons. The second kappa shape index (κ2) is 25.3. The van der Waals surface area contributed by atoms with Crippen LogP contribution in [0.4, 0.5) is 0 Å². The number of aliphatic hydroxyl groups is 4. The van der Waals surface area contributed by atoms with Gasteiger partial charge in [-0.25, -0.2) is 4.99 Å². The molecule has 15 nitrogen and oxygen atoms in total. The smallest absolute Gasteiger partial charge is 0.257 e. The summed E-state index contributed by atoms with van der Waals surface area (Å²) in [5.74, 6) is 0.368. The normalized spacial score (nSPS) is 14.9. The number of nitrogens with zero attached hydrogens (tertiary/aromatic N) is 1. The molecule has 1 aliphatic heterocycles. The molecule has 1 aliphatic rings. The second-order valence-electron chi connectivity index (χ2n) is 13.1. The van der Waals surface area contributed by atoms with E-state index in [-0.39, 0.29) is 24.8 Å². The first-order chi connectivity index (χ1) is 27.3. The minimum Gasteiger partial charge on any atom is -0.484 e.